The summed E-state index contributed by atoms with van der Waals surface area (Å²) in [7, 11) is 0. The van der Waals surface area contributed by atoms with Crippen LogP contribution in [0.1, 0.15) is 17.3 Å². The molecular formula is C11H12O2. The van der Waals surface area contributed by atoms with Gasteiger partial charge < -0.3 is 4.74 Å². The SMILES string of the molecule is C=C[C@@H](C)OC(=O)c1ccccc1. The molecule has 0 radical (unpaired) electrons. The molecule has 2 nitrogen and oxygen atoms in total. The van der Waals surface area contributed by atoms with Gasteiger partial charge in [-0.15, -0.1) is 0 Å². The third kappa shape index (κ3) is 2.75. The Hall–Kier alpha value is -1.57. The Morgan fingerprint density at radius 3 is 2.62 bits per heavy atom. The van der Waals surface area contributed by atoms with Crippen molar-refractivity contribution in [2.45, 2.75) is 13.0 Å². The van der Waals surface area contributed by atoms with Crippen LogP contribution in [0.25, 0.3) is 0 Å². The van der Waals surface area contributed by atoms with E-state index >= 15 is 0 Å². The van der Waals surface area contributed by atoms with Gasteiger partial charge in [-0.05, 0) is 19.1 Å². The molecule has 0 aromatic heterocycles. The van der Waals surface area contributed by atoms with Gasteiger partial charge in [0, 0.05) is 0 Å². The van der Waals surface area contributed by atoms with Crippen molar-refractivity contribution in [2.75, 3.05) is 0 Å². The molecule has 0 N–H and O–H groups in total. The van der Waals surface area contributed by atoms with Gasteiger partial charge in [-0.3, -0.25) is 0 Å². The van der Waals surface area contributed by atoms with E-state index in [0.29, 0.717) is 5.56 Å². The van der Waals surface area contributed by atoms with Crippen LogP contribution >= 0.6 is 0 Å². The van der Waals surface area contributed by atoms with Crippen LogP contribution in [0.4, 0.5) is 0 Å². The van der Waals surface area contributed by atoms with E-state index in [1.165, 1.54) is 0 Å². The molecule has 13 heavy (non-hydrogen) atoms. The van der Waals surface area contributed by atoms with Gasteiger partial charge in [0.15, 0.2) is 0 Å². The first-order valence-corrected chi connectivity index (χ1v) is 4.12. The Balaban J connectivity index is 2.64. The van der Waals surface area contributed by atoms with Crippen molar-refractivity contribution in [2.24, 2.45) is 0 Å². The molecule has 0 aliphatic carbocycles. The monoisotopic (exact) mass is 176 g/mol. The maximum absolute atomic E-state index is 11.3. The highest BCUT2D eigenvalue weighted by atomic mass is 16.5. The molecule has 0 amide bonds. The van der Waals surface area contributed by atoms with Gasteiger partial charge in [0.05, 0.1) is 5.56 Å². The normalized spacial score (nSPS) is 11.8. The highest BCUT2D eigenvalue weighted by molar-refractivity contribution is 5.89. The second kappa shape index (κ2) is 4.45. The van der Waals surface area contributed by atoms with Crippen molar-refractivity contribution in [3.63, 3.8) is 0 Å². The molecule has 68 valence electrons. The number of esters is 1. The fourth-order valence-electron chi connectivity index (χ4n) is 0.859. The second-order valence-electron chi connectivity index (χ2n) is 2.71. The molecule has 1 atom stereocenters. The Kier molecular flexibility index (Phi) is 3.26. The predicted octanol–water partition coefficient (Wildman–Crippen LogP) is 2.42. The molecule has 0 fully saturated rings. The zero-order valence-electron chi connectivity index (χ0n) is 7.57. The predicted molar refractivity (Wildman–Crippen MR) is 51.5 cm³/mol. The van der Waals surface area contributed by atoms with Crippen molar-refractivity contribution in [3.05, 3.63) is 48.6 Å². The molecule has 2 heteroatoms. The fraction of sp³-hybridized carbons (Fsp3) is 0.182. The largest absolute Gasteiger partial charge is 0.455 e. The Morgan fingerprint density at radius 2 is 2.08 bits per heavy atom. The first kappa shape index (κ1) is 9.52. The van der Waals surface area contributed by atoms with E-state index in [2.05, 4.69) is 6.58 Å². The smallest absolute Gasteiger partial charge is 0.338 e. The number of ether oxygens (including phenoxy) is 1. The summed E-state index contributed by atoms with van der Waals surface area (Å²) in [4.78, 5) is 11.3. The van der Waals surface area contributed by atoms with E-state index in [9.17, 15) is 4.79 Å². The zero-order valence-corrected chi connectivity index (χ0v) is 7.57. The molecule has 0 bridgehead atoms. The highest BCUT2D eigenvalue weighted by Crippen LogP contribution is 2.03. The average Bonchev–Trinajstić information content (AvgIpc) is 2.19. The lowest BCUT2D eigenvalue weighted by Gasteiger charge is -2.07. The topological polar surface area (TPSA) is 26.3 Å². The van der Waals surface area contributed by atoms with Crippen molar-refractivity contribution < 1.29 is 9.53 Å². The lowest BCUT2D eigenvalue weighted by molar-refractivity contribution is 0.0425. The van der Waals surface area contributed by atoms with Crippen molar-refractivity contribution >= 4 is 5.97 Å². The summed E-state index contributed by atoms with van der Waals surface area (Å²) in [6.45, 7) is 5.30. The first-order chi connectivity index (χ1) is 6.24. The molecule has 1 aromatic rings. The maximum atomic E-state index is 11.3. The van der Waals surface area contributed by atoms with E-state index in [0.717, 1.165) is 0 Å². The van der Waals surface area contributed by atoms with Gasteiger partial charge in [0.2, 0.25) is 0 Å². The summed E-state index contributed by atoms with van der Waals surface area (Å²) in [5.41, 5.74) is 0.566. The van der Waals surface area contributed by atoms with Crippen LogP contribution in [0.3, 0.4) is 0 Å². The Labute approximate surface area is 77.8 Å². The van der Waals surface area contributed by atoms with Gasteiger partial charge in [0.1, 0.15) is 6.10 Å². The van der Waals surface area contributed by atoms with Crippen LogP contribution in [0.5, 0.6) is 0 Å². The number of carbonyl (C=O) groups excluding carboxylic acids is 1. The van der Waals surface area contributed by atoms with Crippen molar-refractivity contribution in [3.8, 4) is 0 Å². The van der Waals surface area contributed by atoms with E-state index < -0.39 is 0 Å². The zero-order chi connectivity index (χ0) is 9.68. The van der Waals surface area contributed by atoms with Gasteiger partial charge in [0.25, 0.3) is 0 Å². The van der Waals surface area contributed by atoms with Crippen LogP contribution in [0, 0.1) is 0 Å². The molecule has 0 aliphatic rings. The third-order valence-corrected chi connectivity index (χ3v) is 1.63. The summed E-state index contributed by atoms with van der Waals surface area (Å²) < 4.78 is 5.03. The average molecular weight is 176 g/mol. The minimum atomic E-state index is -0.312. The second-order valence-corrected chi connectivity index (χ2v) is 2.71. The van der Waals surface area contributed by atoms with E-state index in [1.807, 2.05) is 6.07 Å². The number of hydrogen-bond donors (Lipinski definition) is 0. The van der Waals surface area contributed by atoms with Crippen LogP contribution in [-0.2, 0) is 4.74 Å². The van der Waals surface area contributed by atoms with Crippen LogP contribution in [-0.4, -0.2) is 12.1 Å². The molecule has 0 saturated heterocycles. The first-order valence-electron chi connectivity index (χ1n) is 4.12. The molecule has 0 saturated carbocycles. The summed E-state index contributed by atoms with van der Waals surface area (Å²) in [6, 6.07) is 8.90. The van der Waals surface area contributed by atoms with Crippen molar-refractivity contribution in [1.82, 2.24) is 0 Å². The van der Waals surface area contributed by atoms with E-state index in [4.69, 9.17) is 4.74 Å². The number of carbonyl (C=O) groups is 1. The molecule has 1 aromatic carbocycles. The minimum absolute atomic E-state index is 0.243. The Morgan fingerprint density at radius 1 is 1.46 bits per heavy atom. The summed E-state index contributed by atoms with van der Waals surface area (Å²) >= 11 is 0. The Bertz CT molecular complexity index is 290. The van der Waals surface area contributed by atoms with E-state index in [-0.39, 0.29) is 12.1 Å². The molecule has 0 aliphatic heterocycles. The maximum Gasteiger partial charge on any atom is 0.338 e. The summed E-state index contributed by atoms with van der Waals surface area (Å²) in [5.74, 6) is -0.312. The highest BCUT2D eigenvalue weighted by Gasteiger charge is 2.07. The lowest BCUT2D eigenvalue weighted by atomic mass is 10.2. The molecule has 0 heterocycles. The fourth-order valence-corrected chi connectivity index (χ4v) is 0.859. The molecular weight excluding hydrogens is 164 g/mol. The van der Waals surface area contributed by atoms with Crippen LogP contribution in [0.2, 0.25) is 0 Å². The molecule has 0 spiro atoms. The summed E-state index contributed by atoms with van der Waals surface area (Å²) in [6.07, 6.45) is 1.34. The van der Waals surface area contributed by atoms with Crippen LogP contribution in [0.15, 0.2) is 43.0 Å². The van der Waals surface area contributed by atoms with Gasteiger partial charge >= 0.3 is 5.97 Å². The summed E-state index contributed by atoms with van der Waals surface area (Å²) in [5, 5.41) is 0. The number of rotatable bonds is 3. The lowest BCUT2D eigenvalue weighted by Crippen LogP contribution is -2.12. The van der Waals surface area contributed by atoms with Gasteiger partial charge in [-0.25, -0.2) is 4.79 Å². The quantitative estimate of drug-likeness (QED) is 0.522. The van der Waals surface area contributed by atoms with Crippen LogP contribution < -0.4 is 0 Å². The van der Waals surface area contributed by atoms with Crippen molar-refractivity contribution in [1.29, 1.82) is 0 Å². The molecule has 0 unspecified atom stereocenters. The molecule has 1 rings (SSSR count). The third-order valence-electron chi connectivity index (χ3n) is 1.63. The van der Waals surface area contributed by atoms with Gasteiger partial charge in [-0.1, -0.05) is 30.9 Å². The minimum Gasteiger partial charge on any atom is -0.455 e. The number of benzene rings is 1. The number of hydrogen-bond acceptors (Lipinski definition) is 2. The standard InChI is InChI=1S/C11H12O2/c1-3-9(2)13-11(12)10-7-5-4-6-8-10/h3-9H,1H2,2H3/t9-/m1/s1. The van der Waals surface area contributed by atoms with E-state index in [1.54, 1.807) is 37.3 Å². The van der Waals surface area contributed by atoms with Gasteiger partial charge in [-0.2, -0.15) is 0 Å².